The minimum absolute atomic E-state index is 0.577. The summed E-state index contributed by atoms with van der Waals surface area (Å²) in [6.45, 7) is 3.89. The Bertz CT molecular complexity index is 2810. The number of nitrogens with zero attached hydrogens (tertiary/aromatic N) is 5. The van der Waals surface area contributed by atoms with Crippen LogP contribution in [0.5, 0.6) is 23.0 Å². The quantitative estimate of drug-likeness (QED) is 0.160. The summed E-state index contributed by atoms with van der Waals surface area (Å²) >= 11 is 0. The molecule has 0 saturated heterocycles. The van der Waals surface area contributed by atoms with Gasteiger partial charge < -0.3 is 19.3 Å². The van der Waals surface area contributed by atoms with E-state index in [0.29, 0.717) is 17.5 Å². The second kappa shape index (κ2) is 14.6. The maximum absolute atomic E-state index is 6.27. The lowest BCUT2D eigenvalue weighted by Gasteiger charge is -2.32. The van der Waals surface area contributed by atoms with E-state index in [1.807, 2.05) is 78.9 Å². The summed E-state index contributed by atoms with van der Waals surface area (Å²) in [7, 11) is 0. The van der Waals surface area contributed by atoms with Gasteiger partial charge in [-0.2, -0.15) is 0 Å². The number of rotatable bonds is 7. The predicted molar refractivity (Wildman–Crippen MR) is 241 cm³/mol. The SMILES string of the molecule is C=Cc1ccc(-c2ccc(-c3nc(-c4ccc(N5c6ccccc6Oc6ccccc65)cc4)nc(-c4ccc(N5c6ccccc6Oc6ccccc65)cc4)n3)cc2)cc1. The lowest BCUT2D eigenvalue weighted by atomic mass is 10.0. The third-order valence-corrected chi connectivity index (χ3v) is 10.9. The molecule has 2 aliphatic heterocycles. The molecule has 7 nitrogen and oxygen atoms in total. The number of ether oxygens (including phenoxy) is 2. The highest BCUT2D eigenvalue weighted by Crippen LogP contribution is 2.51. The molecule has 0 amide bonds. The van der Waals surface area contributed by atoms with Crippen LogP contribution in [-0.4, -0.2) is 15.0 Å². The maximum atomic E-state index is 6.27. The van der Waals surface area contributed by atoms with Gasteiger partial charge in [-0.05, 0) is 114 Å². The van der Waals surface area contributed by atoms with E-state index >= 15 is 0 Å². The molecule has 60 heavy (non-hydrogen) atoms. The molecule has 0 radical (unpaired) electrons. The zero-order valence-electron chi connectivity index (χ0n) is 32.3. The van der Waals surface area contributed by atoms with E-state index in [9.17, 15) is 0 Å². The van der Waals surface area contributed by atoms with Gasteiger partial charge in [0.05, 0.1) is 22.7 Å². The average Bonchev–Trinajstić information content (AvgIpc) is 3.32. The highest BCUT2D eigenvalue weighted by molar-refractivity contribution is 5.88. The van der Waals surface area contributed by atoms with Gasteiger partial charge in [0.15, 0.2) is 40.5 Å². The summed E-state index contributed by atoms with van der Waals surface area (Å²) < 4.78 is 12.5. The molecule has 284 valence electrons. The topological polar surface area (TPSA) is 63.6 Å². The zero-order valence-corrected chi connectivity index (χ0v) is 32.3. The minimum Gasteiger partial charge on any atom is -0.453 e. The van der Waals surface area contributed by atoms with Gasteiger partial charge in [0.1, 0.15) is 0 Å². The van der Waals surface area contributed by atoms with Crippen molar-refractivity contribution in [3.63, 3.8) is 0 Å². The fourth-order valence-electron chi connectivity index (χ4n) is 7.87. The first kappa shape index (κ1) is 34.9. The first-order valence-corrected chi connectivity index (χ1v) is 19.8. The van der Waals surface area contributed by atoms with Crippen molar-refractivity contribution in [3.8, 4) is 68.3 Å². The van der Waals surface area contributed by atoms with Crippen molar-refractivity contribution in [2.75, 3.05) is 9.80 Å². The largest absolute Gasteiger partial charge is 0.453 e. The molecule has 0 bridgehead atoms. The number of fused-ring (bicyclic) bond motifs is 4. The van der Waals surface area contributed by atoms with Crippen LogP contribution in [0.3, 0.4) is 0 Å². The number of aromatic nitrogens is 3. The molecule has 0 atom stereocenters. The molecule has 0 fully saturated rings. The van der Waals surface area contributed by atoms with Crippen molar-refractivity contribution in [3.05, 3.63) is 206 Å². The van der Waals surface area contributed by atoms with Gasteiger partial charge in [-0.15, -0.1) is 0 Å². The summed E-state index contributed by atoms with van der Waals surface area (Å²) in [5, 5.41) is 0. The van der Waals surface area contributed by atoms with E-state index in [0.717, 1.165) is 90.5 Å². The van der Waals surface area contributed by atoms with Crippen LogP contribution in [0, 0.1) is 0 Å². The van der Waals surface area contributed by atoms with Crippen LogP contribution in [0.2, 0.25) is 0 Å². The third-order valence-electron chi connectivity index (χ3n) is 10.9. The van der Waals surface area contributed by atoms with E-state index < -0.39 is 0 Å². The second-order valence-electron chi connectivity index (χ2n) is 14.5. The van der Waals surface area contributed by atoms with Gasteiger partial charge in [-0.1, -0.05) is 110 Å². The van der Waals surface area contributed by atoms with Gasteiger partial charge in [0, 0.05) is 28.1 Å². The Morgan fingerprint density at radius 1 is 0.333 bits per heavy atom. The fraction of sp³-hybridized carbons (Fsp3) is 0. The van der Waals surface area contributed by atoms with Crippen LogP contribution < -0.4 is 19.3 Å². The third kappa shape index (κ3) is 6.22. The lowest BCUT2D eigenvalue weighted by Crippen LogP contribution is -2.15. The van der Waals surface area contributed by atoms with E-state index in [1.165, 1.54) is 0 Å². The van der Waals surface area contributed by atoms with Gasteiger partial charge in [0.25, 0.3) is 0 Å². The number of hydrogen-bond acceptors (Lipinski definition) is 7. The summed E-state index contributed by atoms with van der Waals surface area (Å²) in [4.78, 5) is 19.7. The molecule has 8 aromatic carbocycles. The summed E-state index contributed by atoms with van der Waals surface area (Å²) in [5.74, 6) is 4.96. The highest BCUT2D eigenvalue weighted by Gasteiger charge is 2.27. The number of anilines is 6. The summed E-state index contributed by atoms with van der Waals surface area (Å²) in [5.41, 5.74) is 11.8. The van der Waals surface area contributed by atoms with Crippen LogP contribution in [-0.2, 0) is 0 Å². The molecular formula is C53H35N5O2. The van der Waals surface area contributed by atoms with E-state index in [1.54, 1.807) is 0 Å². The van der Waals surface area contributed by atoms with E-state index in [-0.39, 0.29) is 0 Å². The fourth-order valence-corrected chi connectivity index (χ4v) is 7.87. The Labute approximate surface area is 347 Å². The summed E-state index contributed by atoms with van der Waals surface area (Å²) in [6.07, 6.45) is 1.85. The second-order valence-corrected chi connectivity index (χ2v) is 14.5. The summed E-state index contributed by atoms with van der Waals surface area (Å²) in [6, 6.07) is 65.9. The van der Waals surface area contributed by atoms with Gasteiger partial charge in [0.2, 0.25) is 0 Å². The molecule has 0 unspecified atom stereocenters. The molecule has 9 aromatic rings. The molecular weight excluding hydrogens is 739 g/mol. The monoisotopic (exact) mass is 773 g/mol. The molecule has 1 aromatic heterocycles. The van der Waals surface area contributed by atoms with Gasteiger partial charge in [-0.25, -0.2) is 15.0 Å². The van der Waals surface area contributed by atoms with Crippen molar-refractivity contribution < 1.29 is 9.47 Å². The molecule has 0 saturated carbocycles. The van der Waals surface area contributed by atoms with Gasteiger partial charge in [-0.3, -0.25) is 0 Å². The lowest BCUT2D eigenvalue weighted by molar-refractivity contribution is 0.477. The Balaban J connectivity index is 0.985. The van der Waals surface area contributed by atoms with Crippen LogP contribution in [0.1, 0.15) is 5.56 Å². The first-order valence-electron chi connectivity index (χ1n) is 19.8. The highest BCUT2D eigenvalue weighted by atomic mass is 16.5. The van der Waals surface area contributed by atoms with Crippen molar-refractivity contribution in [1.82, 2.24) is 15.0 Å². The average molecular weight is 774 g/mol. The number of hydrogen-bond donors (Lipinski definition) is 0. The van der Waals surface area contributed by atoms with Crippen molar-refractivity contribution in [1.29, 1.82) is 0 Å². The van der Waals surface area contributed by atoms with Crippen LogP contribution >= 0.6 is 0 Å². The van der Waals surface area contributed by atoms with Crippen molar-refractivity contribution in [2.24, 2.45) is 0 Å². The molecule has 0 N–H and O–H groups in total. The molecule has 2 aliphatic rings. The zero-order chi connectivity index (χ0) is 40.0. The molecule has 7 heteroatoms. The van der Waals surface area contributed by atoms with Crippen LogP contribution in [0.4, 0.5) is 34.1 Å². The first-order chi connectivity index (χ1) is 29.7. The molecule has 3 heterocycles. The minimum atomic E-state index is 0.577. The van der Waals surface area contributed by atoms with Crippen LogP contribution in [0.25, 0.3) is 51.4 Å². The van der Waals surface area contributed by atoms with Gasteiger partial charge >= 0.3 is 0 Å². The van der Waals surface area contributed by atoms with E-state index in [2.05, 4.69) is 138 Å². The Morgan fingerprint density at radius 3 is 0.950 bits per heavy atom. The Hall–Kier alpha value is -8.29. The maximum Gasteiger partial charge on any atom is 0.164 e. The normalized spacial score (nSPS) is 12.3. The molecule has 11 rings (SSSR count). The van der Waals surface area contributed by atoms with E-state index in [4.69, 9.17) is 24.4 Å². The predicted octanol–water partition coefficient (Wildman–Crippen LogP) is 14.3. The number of para-hydroxylation sites is 8. The van der Waals surface area contributed by atoms with Crippen LogP contribution in [0.15, 0.2) is 201 Å². The number of benzene rings is 8. The van der Waals surface area contributed by atoms with Crippen molar-refractivity contribution >= 4 is 40.2 Å². The smallest absolute Gasteiger partial charge is 0.164 e. The standard InChI is InChI=1S/C53H35N5O2/c1-2-35-19-21-36(22-20-35)37-23-25-38(26-24-37)51-54-52(39-27-31-41(32-28-39)57-43-11-3-7-15-47(43)59-48-16-8-4-12-44(48)57)56-53(55-51)40-29-33-42(34-30-40)58-45-13-5-9-17-49(45)60-50-18-10-6-14-46(50)58/h2-34H,1H2. The van der Waals surface area contributed by atoms with Crippen molar-refractivity contribution in [2.45, 2.75) is 0 Å². The molecule has 0 spiro atoms. The molecule has 0 aliphatic carbocycles. The Kier molecular flexibility index (Phi) is 8.48. The Morgan fingerprint density at radius 2 is 0.617 bits per heavy atom.